The molecule has 1 saturated carbocycles. The molecule has 68 valence electrons. The van der Waals surface area contributed by atoms with Crippen LogP contribution in [0.15, 0.2) is 12.2 Å². The van der Waals surface area contributed by atoms with Crippen molar-refractivity contribution in [2.75, 3.05) is 0 Å². The molecule has 1 fully saturated rings. The zero-order valence-corrected chi connectivity index (χ0v) is 7.76. The van der Waals surface area contributed by atoms with Gasteiger partial charge in [0.1, 0.15) is 5.60 Å². The van der Waals surface area contributed by atoms with Crippen LogP contribution < -0.4 is 0 Å². The average molecular weight is 168 g/mol. The van der Waals surface area contributed by atoms with Crippen molar-refractivity contribution in [3.63, 3.8) is 0 Å². The molecule has 1 N–H and O–H groups in total. The average Bonchev–Trinajstić information content (AvgIpc) is 1.94. The Labute approximate surface area is 73.3 Å². The Morgan fingerprint density at radius 2 is 2.33 bits per heavy atom. The second-order valence-electron chi connectivity index (χ2n) is 3.98. The third-order valence-electron chi connectivity index (χ3n) is 2.71. The van der Waals surface area contributed by atoms with E-state index in [1.807, 2.05) is 6.92 Å². The van der Waals surface area contributed by atoms with Crippen LogP contribution in [0.1, 0.15) is 33.1 Å². The maximum Gasteiger partial charge on any atom is 0.164 e. The highest BCUT2D eigenvalue weighted by Crippen LogP contribution is 2.32. The highest BCUT2D eigenvalue weighted by atomic mass is 16.3. The first kappa shape index (κ1) is 9.46. The van der Waals surface area contributed by atoms with Crippen LogP contribution in [-0.2, 0) is 4.79 Å². The Hall–Kier alpha value is -0.630. The predicted octanol–water partition coefficient (Wildman–Crippen LogP) is 1.68. The van der Waals surface area contributed by atoms with E-state index in [1.165, 1.54) is 0 Å². The van der Waals surface area contributed by atoms with E-state index in [9.17, 15) is 9.90 Å². The van der Waals surface area contributed by atoms with Crippen molar-refractivity contribution < 1.29 is 9.90 Å². The van der Waals surface area contributed by atoms with Crippen LogP contribution in [0.4, 0.5) is 0 Å². The van der Waals surface area contributed by atoms with Gasteiger partial charge in [0.25, 0.3) is 0 Å². The van der Waals surface area contributed by atoms with Gasteiger partial charge in [-0.2, -0.15) is 0 Å². The first-order valence-electron chi connectivity index (χ1n) is 4.34. The Bertz CT molecular complexity index is 216. The summed E-state index contributed by atoms with van der Waals surface area (Å²) in [5, 5.41) is 9.56. The molecule has 0 aliphatic heterocycles. The number of hydrogen-bond acceptors (Lipinski definition) is 2. The van der Waals surface area contributed by atoms with Crippen LogP contribution in [0.5, 0.6) is 0 Å². The molecule has 0 aromatic heterocycles. The van der Waals surface area contributed by atoms with E-state index in [2.05, 4.69) is 6.58 Å². The lowest BCUT2D eigenvalue weighted by Gasteiger charge is -2.31. The van der Waals surface area contributed by atoms with E-state index in [0.717, 1.165) is 12.0 Å². The van der Waals surface area contributed by atoms with Gasteiger partial charge in [0.2, 0.25) is 0 Å². The summed E-state index contributed by atoms with van der Waals surface area (Å²) in [5.41, 5.74) is -0.0229. The highest BCUT2D eigenvalue weighted by molar-refractivity contribution is 5.87. The van der Waals surface area contributed by atoms with Gasteiger partial charge in [-0.1, -0.05) is 12.2 Å². The van der Waals surface area contributed by atoms with Crippen LogP contribution in [-0.4, -0.2) is 16.5 Å². The van der Waals surface area contributed by atoms with E-state index < -0.39 is 5.60 Å². The molecule has 1 aliphatic carbocycles. The van der Waals surface area contributed by atoms with Gasteiger partial charge in [-0.15, -0.1) is 0 Å². The molecule has 12 heavy (non-hydrogen) atoms. The second-order valence-corrected chi connectivity index (χ2v) is 3.98. The van der Waals surface area contributed by atoms with Gasteiger partial charge in [-0.3, -0.25) is 4.79 Å². The molecule has 1 aliphatic rings. The lowest BCUT2D eigenvalue weighted by molar-refractivity contribution is -0.140. The lowest BCUT2D eigenvalue weighted by Crippen LogP contribution is -2.40. The van der Waals surface area contributed by atoms with Gasteiger partial charge >= 0.3 is 0 Å². The standard InChI is InChI=1S/C10H16O2/c1-7(2)8-4-5-10(3,12)9(11)6-8/h8,12H,1,4-6H2,2-3H3. The molecule has 0 spiro atoms. The third kappa shape index (κ3) is 1.75. The van der Waals surface area contributed by atoms with Crippen molar-refractivity contribution >= 4 is 5.78 Å². The zero-order valence-electron chi connectivity index (χ0n) is 7.76. The minimum absolute atomic E-state index is 0.0400. The lowest BCUT2D eigenvalue weighted by atomic mass is 9.76. The van der Waals surface area contributed by atoms with Crippen molar-refractivity contribution in [2.45, 2.75) is 38.7 Å². The van der Waals surface area contributed by atoms with Gasteiger partial charge in [-0.05, 0) is 32.6 Å². The normalized spacial score (nSPS) is 36.6. The summed E-state index contributed by atoms with van der Waals surface area (Å²) in [6, 6.07) is 0. The SMILES string of the molecule is C=C(C)C1CCC(C)(O)C(=O)C1. The maximum atomic E-state index is 11.3. The van der Waals surface area contributed by atoms with E-state index in [0.29, 0.717) is 12.8 Å². The summed E-state index contributed by atoms with van der Waals surface area (Å²) < 4.78 is 0. The quantitative estimate of drug-likeness (QED) is 0.605. The topological polar surface area (TPSA) is 37.3 Å². The maximum absolute atomic E-state index is 11.3. The molecule has 2 unspecified atom stereocenters. The zero-order chi connectivity index (χ0) is 9.35. The van der Waals surface area contributed by atoms with Crippen molar-refractivity contribution in [2.24, 2.45) is 5.92 Å². The summed E-state index contributed by atoms with van der Waals surface area (Å²) in [5.74, 6) is 0.250. The van der Waals surface area contributed by atoms with E-state index in [-0.39, 0.29) is 11.7 Å². The third-order valence-corrected chi connectivity index (χ3v) is 2.71. The fourth-order valence-corrected chi connectivity index (χ4v) is 1.56. The predicted molar refractivity (Wildman–Crippen MR) is 47.8 cm³/mol. The molecule has 0 amide bonds. The van der Waals surface area contributed by atoms with E-state index in [1.54, 1.807) is 6.92 Å². The Balaban J connectivity index is 2.64. The van der Waals surface area contributed by atoms with Crippen molar-refractivity contribution in [1.82, 2.24) is 0 Å². The molecule has 2 heteroatoms. The van der Waals surface area contributed by atoms with Gasteiger partial charge in [-0.25, -0.2) is 0 Å². The van der Waals surface area contributed by atoms with Gasteiger partial charge in [0.15, 0.2) is 5.78 Å². The van der Waals surface area contributed by atoms with E-state index >= 15 is 0 Å². The minimum Gasteiger partial charge on any atom is -0.382 e. The number of hydrogen-bond donors (Lipinski definition) is 1. The summed E-state index contributed by atoms with van der Waals surface area (Å²) >= 11 is 0. The molecule has 0 radical (unpaired) electrons. The number of allylic oxidation sites excluding steroid dienone is 1. The van der Waals surface area contributed by atoms with E-state index in [4.69, 9.17) is 0 Å². The molecular formula is C10H16O2. The van der Waals surface area contributed by atoms with Crippen molar-refractivity contribution in [3.05, 3.63) is 12.2 Å². The second kappa shape index (κ2) is 3.02. The molecule has 1 rings (SSSR count). The number of carbonyl (C=O) groups is 1. The summed E-state index contributed by atoms with van der Waals surface area (Å²) in [7, 11) is 0. The van der Waals surface area contributed by atoms with Crippen LogP contribution in [0.3, 0.4) is 0 Å². The number of ketones is 1. The van der Waals surface area contributed by atoms with Crippen molar-refractivity contribution in [1.29, 1.82) is 0 Å². The number of rotatable bonds is 1. The first-order chi connectivity index (χ1) is 5.43. The largest absolute Gasteiger partial charge is 0.382 e. The molecule has 0 heterocycles. The van der Waals surface area contributed by atoms with Gasteiger partial charge in [0, 0.05) is 6.42 Å². The molecule has 0 saturated heterocycles. The molecule has 0 bridgehead atoms. The Morgan fingerprint density at radius 3 is 2.75 bits per heavy atom. The monoisotopic (exact) mass is 168 g/mol. The van der Waals surface area contributed by atoms with Gasteiger partial charge in [0.05, 0.1) is 0 Å². The molecule has 2 atom stereocenters. The van der Waals surface area contributed by atoms with Crippen LogP contribution in [0.25, 0.3) is 0 Å². The summed E-state index contributed by atoms with van der Waals surface area (Å²) in [4.78, 5) is 11.3. The van der Waals surface area contributed by atoms with Crippen LogP contribution in [0.2, 0.25) is 0 Å². The molecular weight excluding hydrogens is 152 g/mol. The molecule has 2 nitrogen and oxygen atoms in total. The highest BCUT2D eigenvalue weighted by Gasteiger charge is 2.36. The molecule has 0 aromatic rings. The van der Waals surface area contributed by atoms with Gasteiger partial charge < -0.3 is 5.11 Å². The summed E-state index contributed by atoms with van der Waals surface area (Å²) in [6.07, 6.45) is 1.92. The molecule has 0 aromatic carbocycles. The van der Waals surface area contributed by atoms with Crippen molar-refractivity contribution in [3.8, 4) is 0 Å². The fourth-order valence-electron chi connectivity index (χ4n) is 1.56. The van der Waals surface area contributed by atoms with Crippen LogP contribution in [0, 0.1) is 5.92 Å². The summed E-state index contributed by atoms with van der Waals surface area (Å²) in [6.45, 7) is 7.37. The Kier molecular flexibility index (Phi) is 2.38. The Morgan fingerprint density at radius 1 is 1.75 bits per heavy atom. The fraction of sp³-hybridized carbons (Fsp3) is 0.700. The minimum atomic E-state index is -1.08. The number of carbonyl (C=O) groups excluding carboxylic acids is 1. The number of aliphatic hydroxyl groups is 1. The smallest absolute Gasteiger partial charge is 0.164 e. The van der Waals surface area contributed by atoms with Crippen LogP contribution >= 0.6 is 0 Å². The first-order valence-corrected chi connectivity index (χ1v) is 4.34. The number of Topliss-reactive ketones (excluding diaryl/α,β-unsaturated/α-hetero) is 1.